The van der Waals surface area contributed by atoms with E-state index in [4.69, 9.17) is 14.6 Å². The monoisotopic (exact) mass is 311 g/mol. The zero-order valence-electron chi connectivity index (χ0n) is 11.7. The predicted octanol–water partition coefficient (Wildman–Crippen LogP) is 1.64. The van der Waals surface area contributed by atoms with Crippen molar-refractivity contribution in [3.63, 3.8) is 0 Å². The summed E-state index contributed by atoms with van der Waals surface area (Å²) in [5.74, 6) is -3.29. The highest BCUT2D eigenvalue weighted by Crippen LogP contribution is 2.52. The minimum Gasteiger partial charge on any atom is -0.480 e. The molecule has 0 aromatic heterocycles. The molecule has 1 saturated carbocycles. The van der Waals surface area contributed by atoms with Crippen LogP contribution >= 0.6 is 0 Å². The summed E-state index contributed by atoms with van der Waals surface area (Å²) < 4.78 is 48.5. The van der Waals surface area contributed by atoms with E-state index in [9.17, 15) is 22.8 Å². The molecule has 9 heteroatoms. The highest BCUT2D eigenvalue weighted by Gasteiger charge is 2.72. The van der Waals surface area contributed by atoms with Crippen LogP contribution in [-0.4, -0.2) is 58.6 Å². The van der Waals surface area contributed by atoms with Gasteiger partial charge in [0, 0.05) is 0 Å². The van der Waals surface area contributed by atoms with Gasteiger partial charge < -0.3 is 14.6 Å². The molecule has 1 saturated heterocycles. The molecular formula is C12H16F3NO5. The van der Waals surface area contributed by atoms with Crippen LogP contribution in [0.2, 0.25) is 0 Å². The quantitative estimate of drug-likeness (QED) is 0.796. The molecule has 21 heavy (non-hydrogen) atoms. The molecule has 0 radical (unpaired) electrons. The van der Waals surface area contributed by atoms with Crippen LogP contribution in [-0.2, 0) is 14.3 Å². The smallest absolute Gasteiger partial charge is 0.411 e. The van der Waals surface area contributed by atoms with Gasteiger partial charge in [-0.2, -0.15) is 13.2 Å². The van der Waals surface area contributed by atoms with Gasteiger partial charge in [0.2, 0.25) is 0 Å². The van der Waals surface area contributed by atoms with E-state index in [0.717, 1.165) is 0 Å². The first kappa shape index (κ1) is 15.9. The molecule has 1 aliphatic carbocycles. The lowest BCUT2D eigenvalue weighted by Gasteiger charge is -2.34. The van der Waals surface area contributed by atoms with Gasteiger partial charge in [-0.3, -0.25) is 4.90 Å². The zero-order chi connectivity index (χ0) is 16.2. The van der Waals surface area contributed by atoms with Crippen molar-refractivity contribution in [2.45, 2.75) is 50.7 Å². The van der Waals surface area contributed by atoms with Gasteiger partial charge >= 0.3 is 18.2 Å². The van der Waals surface area contributed by atoms with E-state index in [1.54, 1.807) is 20.8 Å². The van der Waals surface area contributed by atoms with Crippen LogP contribution < -0.4 is 0 Å². The second-order valence-corrected chi connectivity index (χ2v) is 6.10. The van der Waals surface area contributed by atoms with E-state index >= 15 is 0 Å². The maximum Gasteiger partial charge on any atom is 0.411 e. The summed E-state index contributed by atoms with van der Waals surface area (Å²) in [7, 11) is 0. The van der Waals surface area contributed by atoms with E-state index in [-0.39, 0.29) is 0 Å². The van der Waals surface area contributed by atoms with Crippen LogP contribution in [0.5, 0.6) is 0 Å². The fourth-order valence-corrected chi connectivity index (χ4v) is 2.43. The number of fused-ring (bicyclic) bond motifs is 1. The summed E-state index contributed by atoms with van der Waals surface area (Å²) in [5, 5.41) is 9.07. The third-order valence-electron chi connectivity index (χ3n) is 3.29. The third-order valence-corrected chi connectivity index (χ3v) is 3.29. The number of rotatable bonds is 1. The predicted molar refractivity (Wildman–Crippen MR) is 62.6 cm³/mol. The second kappa shape index (κ2) is 4.75. The van der Waals surface area contributed by atoms with Gasteiger partial charge in [0.25, 0.3) is 0 Å². The van der Waals surface area contributed by atoms with E-state index in [1.165, 1.54) is 0 Å². The molecule has 0 aromatic rings. The molecule has 0 spiro atoms. The Balaban J connectivity index is 2.23. The molecule has 0 unspecified atom stereocenters. The van der Waals surface area contributed by atoms with Gasteiger partial charge in [0.05, 0.1) is 18.8 Å². The lowest BCUT2D eigenvalue weighted by atomic mass is 10.2. The van der Waals surface area contributed by atoms with Crippen LogP contribution in [0.25, 0.3) is 0 Å². The lowest BCUT2D eigenvalue weighted by molar-refractivity contribution is -0.157. The number of hydrogen-bond donors (Lipinski definition) is 1. The Labute approximate surface area is 118 Å². The molecule has 1 amide bonds. The first-order valence-electron chi connectivity index (χ1n) is 6.36. The summed E-state index contributed by atoms with van der Waals surface area (Å²) in [6.45, 7) is 4.16. The van der Waals surface area contributed by atoms with Crippen molar-refractivity contribution in [2.24, 2.45) is 5.92 Å². The summed E-state index contributed by atoms with van der Waals surface area (Å²) in [6.07, 6.45) is -6.84. The summed E-state index contributed by atoms with van der Waals surface area (Å²) >= 11 is 0. The van der Waals surface area contributed by atoms with Crippen molar-refractivity contribution in [3.8, 4) is 0 Å². The van der Waals surface area contributed by atoms with Gasteiger partial charge in [-0.25, -0.2) is 9.59 Å². The van der Waals surface area contributed by atoms with Gasteiger partial charge in [-0.15, -0.1) is 0 Å². The molecule has 1 heterocycles. The number of aliphatic carboxylic acids is 1. The number of carbonyl (C=O) groups excluding carboxylic acids is 1. The number of morpholine rings is 1. The number of carboxylic acids is 1. The Bertz CT molecular complexity index is 459. The van der Waals surface area contributed by atoms with Crippen LogP contribution in [0, 0.1) is 5.92 Å². The maximum atomic E-state index is 12.8. The molecule has 2 aliphatic rings. The SMILES string of the molecule is CC(C)(C)OC(=O)N1[C@H]2[C@@H](OC[C@H]1C(=O)O)[C@@H]2C(F)(F)F. The minimum atomic E-state index is -4.55. The largest absolute Gasteiger partial charge is 0.480 e. The fourth-order valence-electron chi connectivity index (χ4n) is 2.43. The molecule has 0 aromatic carbocycles. The second-order valence-electron chi connectivity index (χ2n) is 6.10. The highest BCUT2D eigenvalue weighted by atomic mass is 19.4. The Morgan fingerprint density at radius 1 is 1.29 bits per heavy atom. The zero-order valence-corrected chi connectivity index (χ0v) is 11.7. The highest BCUT2D eigenvalue weighted by molar-refractivity contribution is 5.81. The molecule has 4 atom stereocenters. The van der Waals surface area contributed by atoms with Gasteiger partial charge in [-0.1, -0.05) is 0 Å². The Morgan fingerprint density at radius 2 is 1.86 bits per heavy atom. The molecule has 0 bridgehead atoms. The molecular weight excluding hydrogens is 295 g/mol. The van der Waals surface area contributed by atoms with Crippen molar-refractivity contribution in [1.29, 1.82) is 0 Å². The van der Waals surface area contributed by atoms with Crippen molar-refractivity contribution in [1.82, 2.24) is 4.90 Å². The average molecular weight is 311 g/mol. The van der Waals surface area contributed by atoms with Crippen LogP contribution in [0.15, 0.2) is 0 Å². The Morgan fingerprint density at radius 3 is 2.29 bits per heavy atom. The number of amides is 1. The summed E-state index contributed by atoms with van der Waals surface area (Å²) in [4.78, 5) is 23.9. The number of carbonyl (C=O) groups is 2. The third kappa shape index (κ3) is 3.07. The molecule has 1 N–H and O–H groups in total. The van der Waals surface area contributed by atoms with Crippen molar-refractivity contribution in [3.05, 3.63) is 0 Å². The van der Waals surface area contributed by atoms with Gasteiger partial charge in [0.15, 0.2) is 6.04 Å². The number of hydrogen-bond acceptors (Lipinski definition) is 4. The first-order chi connectivity index (χ1) is 9.43. The fraction of sp³-hybridized carbons (Fsp3) is 0.833. The van der Waals surface area contributed by atoms with Crippen LogP contribution in [0.1, 0.15) is 20.8 Å². The average Bonchev–Trinajstić information content (AvgIpc) is 2.97. The molecule has 2 rings (SSSR count). The molecule has 120 valence electrons. The number of carboxylic acid groups (broad SMARTS) is 1. The first-order valence-corrected chi connectivity index (χ1v) is 6.36. The number of nitrogens with zero attached hydrogens (tertiary/aromatic N) is 1. The van der Waals surface area contributed by atoms with Crippen LogP contribution in [0.3, 0.4) is 0 Å². The maximum absolute atomic E-state index is 12.8. The summed E-state index contributed by atoms with van der Waals surface area (Å²) in [6, 6.07) is -2.82. The van der Waals surface area contributed by atoms with Gasteiger partial charge in [-0.05, 0) is 20.8 Å². The van der Waals surface area contributed by atoms with Gasteiger partial charge in [0.1, 0.15) is 11.5 Å². The molecule has 6 nitrogen and oxygen atoms in total. The van der Waals surface area contributed by atoms with E-state index in [1.807, 2.05) is 0 Å². The normalized spacial score (nSPS) is 32.4. The van der Waals surface area contributed by atoms with E-state index in [0.29, 0.717) is 4.90 Å². The molecule has 1 aliphatic heterocycles. The van der Waals surface area contributed by atoms with Crippen molar-refractivity contribution < 1.29 is 37.3 Å². The molecule has 2 fully saturated rings. The lowest BCUT2D eigenvalue weighted by Crippen LogP contribution is -2.54. The Hall–Kier alpha value is -1.51. The van der Waals surface area contributed by atoms with Crippen molar-refractivity contribution >= 4 is 12.1 Å². The topological polar surface area (TPSA) is 76.1 Å². The van der Waals surface area contributed by atoms with Crippen molar-refractivity contribution in [2.75, 3.05) is 6.61 Å². The van der Waals surface area contributed by atoms with E-state index < -0.39 is 54.6 Å². The number of ether oxygens (including phenoxy) is 2. The summed E-state index contributed by atoms with van der Waals surface area (Å²) in [5.41, 5.74) is -0.934. The van der Waals surface area contributed by atoms with Crippen LogP contribution in [0.4, 0.5) is 18.0 Å². The number of halogens is 3. The van der Waals surface area contributed by atoms with E-state index in [2.05, 4.69) is 0 Å². The standard InChI is InChI=1S/C12H16F3NO5/c1-11(2,3)21-10(19)16-5(9(17)18)4-20-8-6(7(8)16)12(13,14)15/h5-8H,4H2,1-3H3,(H,17,18)/t5-,6+,7+,8-/m0/s1. The Kier molecular flexibility index (Phi) is 3.59. The number of alkyl halides is 3. The minimum absolute atomic E-state index is 0.484.